The van der Waals surface area contributed by atoms with Crippen molar-refractivity contribution in [3.05, 3.63) is 36.5 Å². The number of esters is 2. The SMILES string of the molecule is CCCCC/C=C\C/C=C\CC1OC1C/C=C\CCCC(=O)O[C@H](COC(=O)CCCCCCCCCCCCCCCCCCCCC(C)C)COP(=O)(O)O. The number of phosphoric ester groups is 1. The Kier molecular flexibility index (Phi) is 34.8. The molecule has 1 saturated heterocycles. The van der Waals surface area contributed by atoms with Gasteiger partial charge in [-0.05, 0) is 57.3 Å². The summed E-state index contributed by atoms with van der Waals surface area (Å²) in [4.78, 5) is 43.0. The molecule has 0 aliphatic carbocycles. The topological polar surface area (TPSA) is 132 Å². The van der Waals surface area contributed by atoms with Gasteiger partial charge in [-0.3, -0.25) is 14.1 Å². The summed E-state index contributed by atoms with van der Waals surface area (Å²) in [7, 11) is -4.78. The molecule has 2 N–H and O–H groups in total. The molecule has 1 fully saturated rings. The average Bonchev–Trinajstić information content (AvgIpc) is 3.93. The van der Waals surface area contributed by atoms with Gasteiger partial charge in [-0.15, -0.1) is 0 Å². The highest BCUT2D eigenvalue weighted by molar-refractivity contribution is 7.46. The summed E-state index contributed by atoms with van der Waals surface area (Å²) in [5.74, 6) is -0.104. The number of epoxide rings is 1. The molecule has 2 unspecified atom stereocenters. The molecule has 10 heteroatoms. The average molecular weight is 825 g/mol. The Morgan fingerprint density at radius 1 is 0.596 bits per heavy atom. The molecule has 0 aromatic rings. The summed E-state index contributed by atoms with van der Waals surface area (Å²) in [6, 6.07) is 0. The molecular formula is C47H85O9P. The van der Waals surface area contributed by atoms with Gasteiger partial charge in [-0.25, -0.2) is 4.57 Å². The van der Waals surface area contributed by atoms with E-state index >= 15 is 0 Å². The molecule has 3 atom stereocenters. The fourth-order valence-electron chi connectivity index (χ4n) is 6.89. The first-order valence-electron chi connectivity index (χ1n) is 23.3. The van der Waals surface area contributed by atoms with Gasteiger partial charge in [0.05, 0.1) is 18.8 Å². The fourth-order valence-corrected chi connectivity index (χ4v) is 7.25. The van der Waals surface area contributed by atoms with Crippen molar-refractivity contribution < 1.29 is 42.7 Å². The largest absolute Gasteiger partial charge is 0.469 e. The molecule has 1 rings (SSSR count). The molecule has 0 saturated carbocycles. The first-order chi connectivity index (χ1) is 27.6. The van der Waals surface area contributed by atoms with Crippen LogP contribution in [0.25, 0.3) is 0 Å². The summed E-state index contributed by atoms with van der Waals surface area (Å²) in [5.41, 5.74) is 0. The van der Waals surface area contributed by atoms with Gasteiger partial charge in [-0.1, -0.05) is 186 Å². The standard InChI is InChI=1S/C47H85O9P/c1-4-5-6-7-8-19-23-26-31-36-44-45(56-44)37-32-28-29-34-39-47(49)55-43(41-54-57(50,51)52)40-53-46(48)38-33-27-24-21-18-16-14-12-10-9-11-13-15-17-20-22-25-30-35-42(2)3/h8,19,26,28,31-32,42-45H,4-7,9-18,20-25,27,29-30,33-41H2,1-3H3,(H2,50,51,52)/b19-8-,31-26-,32-28-/t43-,44?,45?/m1/s1. The lowest BCUT2D eigenvalue weighted by atomic mass is 10.0. The second kappa shape index (κ2) is 37.2. The molecule has 0 radical (unpaired) electrons. The van der Waals surface area contributed by atoms with E-state index in [-0.39, 0.29) is 31.7 Å². The number of phosphoric acid groups is 1. The molecule has 1 aliphatic rings. The van der Waals surface area contributed by atoms with Gasteiger partial charge in [0.15, 0.2) is 6.10 Å². The van der Waals surface area contributed by atoms with Gasteiger partial charge >= 0.3 is 19.8 Å². The van der Waals surface area contributed by atoms with E-state index in [2.05, 4.69) is 55.7 Å². The van der Waals surface area contributed by atoms with Crippen LogP contribution in [-0.2, 0) is 32.9 Å². The summed E-state index contributed by atoms with van der Waals surface area (Å²) in [5, 5.41) is 0. The Labute approximate surface area is 348 Å². The maximum Gasteiger partial charge on any atom is 0.469 e. The second-order valence-corrected chi connectivity index (χ2v) is 17.8. The Balaban J connectivity index is 2.05. The lowest BCUT2D eigenvalue weighted by Crippen LogP contribution is -2.29. The Hall–Kier alpha value is -1.77. The van der Waals surface area contributed by atoms with Crippen LogP contribution in [0.3, 0.4) is 0 Å². The van der Waals surface area contributed by atoms with Gasteiger partial charge in [0.2, 0.25) is 0 Å². The van der Waals surface area contributed by atoms with Crippen molar-refractivity contribution >= 4 is 19.8 Å². The van der Waals surface area contributed by atoms with Crippen LogP contribution in [0.5, 0.6) is 0 Å². The van der Waals surface area contributed by atoms with E-state index in [0.29, 0.717) is 12.8 Å². The lowest BCUT2D eigenvalue weighted by Gasteiger charge is -2.18. The smallest absolute Gasteiger partial charge is 0.462 e. The highest BCUT2D eigenvalue weighted by Crippen LogP contribution is 2.36. The fraction of sp³-hybridized carbons (Fsp3) is 0.830. The third kappa shape index (κ3) is 38.2. The molecule has 1 heterocycles. The van der Waals surface area contributed by atoms with Crippen LogP contribution in [0, 0.1) is 5.92 Å². The molecule has 0 aromatic heterocycles. The molecular weight excluding hydrogens is 739 g/mol. The van der Waals surface area contributed by atoms with Crippen LogP contribution in [0.4, 0.5) is 0 Å². The van der Waals surface area contributed by atoms with E-state index in [0.717, 1.165) is 50.9 Å². The van der Waals surface area contributed by atoms with Gasteiger partial charge in [-0.2, -0.15) is 0 Å². The summed E-state index contributed by atoms with van der Waals surface area (Å²) in [6.45, 7) is 5.98. The van der Waals surface area contributed by atoms with Gasteiger partial charge in [0, 0.05) is 12.8 Å². The Bertz CT molecular complexity index is 1100. The van der Waals surface area contributed by atoms with E-state index in [1.807, 2.05) is 6.08 Å². The van der Waals surface area contributed by atoms with Crippen molar-refractivity contribution in [1.82, 2.24) is 0 Å². The monoisotopic (exact) mass is 825 g/mol. The summed E-state index contributed by atoms with van der Waals surface area (Å²) < 4.78 is 32.2. The maximum atomic E-state index is 12.4. The molecule has 0 amide bonds. The van der Waals surface area contributed by atoms with Crippen LogP contribution in [-0.4, -0.2) is 53.3 Å². The van der Waals surface area contributed by atoms with Crippen LogP contribution in [0.15, 0.2) is 36.5 Å². The normalized spacial score (nSPS) is 16.4. The van der Waals surface area contributed by atoms with Gasteiger partial charge < -0.3 is 24.0 Å². The molecule has 0 spiro atoms. The van der Waals surface area contributed by atoms with Crippen LogP contribution in [0.2, 0.25) is 0 Å². The third-order valence-corrected chi connectivity index (χ3v) is 11.0. The number of allylic oxidation sites excluding steroid dienone is 4. The minimum absolute atomic E-state index is 0.129. The number of carbonyl (C=O) groups is 2. The van der Waals surface area contributed by atoms with Gasteiger partial charge in [0.1, 0.15) is 6.61 Å². The van der Waals surface area contributed by atoms with E-state index < -0.39 is 32.5 Å². The van der Waals surface area contributed by atoms with Crippen molar-refractivity contribution in [1.29, 1.82) is 0 Å². The van der Waals surface area contributed by atoms with Crippen LogP contribution in [0.1, 0.15) is 213 Å². The van der Waals surface area contributed by atoms with Crippen molar-refractivity contribution in [2.45, 2.75) is 232 Å². The zero-order valence-corrected chi connectivity index (χ0v) is 37.5. The first-order valence-corrected chi connectivity index (χ1v) is 24.8. The minimum Gasteiger partial charge on any atom is -0.462 e. The highest BCUT2D eigenvalue weighted by Gasteiger charge is 2.36. The predicted octanol–water partition coefficient (Wildman–Crippen LogP) is 13.4. The van der Waals surface area contributed by atoms with E-state index in [1.165, 1.54) is 122 Å². The first kappa shape index (κ1) is 53.2. The Morgan fingerprint density at radius 3 is 1.61 bits per heavy atom. The van der Waals surface area contributed by atoms with E-state index in [1.54, 1.807) is 0 Å². The number of rotatable bonds is 41. The Morgan fingerprint density at radius 2 is 1.07 bits per heavy atom. The molecule has 332 valence electrons. The third-order valence-electron chi connectivity index (χ3n) is 10.5. The number of ether oxygens (including phenoxy) is 3. The molecule has 57 heavy (non-hydrogen) atoms. The minimum atomic E-state index is -4.78. The summed E-state index contributed by atoms with van der Waals surface area (Å²) in [6.07, 6.45) is 46.2. The van der Waals surface area contributed by atoms with Crippen LogP contribution >= 0.6 is 7.82 Å². The maximum absolute atomic E-state index is 12.4. The van der Waals surface area contributed by atoms with Crippen molar-refractivity contribution in [3.8, 4) is 0 Å². The highest BCUT2D eigenvalue weighted by atomic mass is 31.2. The van der Waals surface area contributed by atoms with Crippen molar-refractivity contribution in [3.63, 3.8) is 0 Å². The molecule has 0 bridgehead atoms. The number of hydrogen-bond donors (Lipinski definition) is 2. The quantitative estimate of drug-likeness (QED) is 0.0203. The second-order valence-electron chi connectivity index (χ2n) is 16.6. The molecule has 9 nitrogen and oxygen atoms in total. The predicted molar refractivity (Wildman–Crippen MR) is 234 cm³/mol. The van der Waals surface area contributed by atoms with Crippen molar-refractivity contribution in [2.24, 2.45) is 5.92 Å². The zero-order valence-electron chi connectivity index (χ0n) is 36.6. The number of unbranched alkanes of at least 4 members (excludes halogenated alkanes) is 21. The van der Waals surface area contributed by atoms with E-state index in [4.69, 9.17) is 24.0 Å². The lowest BCUT2D eigenvalue weighted by molar-refractivity contribution is -0.161. The number of carbonyl (C=O) groups excluding carboxylic acids is 2. The molecule has 1 aliphatic heterocycles. The van der Waals surface area contributed by atoms with E-state index in [9.17, 15) is 14.2 Å². The molecule has 0 aromatic carbocycles. The summed E-state index contributed by atoms with van der Waals surface area (Å²) >= 11 is 0. The van der Waals surface area contributed by atoms with Crippen LogP contribution < -0.4 is 0 Å². The van der Waals surface area contributed by atoms with Gasteiger partial charge in [0.25, 0.3) is 0 Å². The number of hydrogen-bond acceptors (Lipinski definition) is 7. The zero-order chi connectivity index (χ0) is 41.7. The van der Waals surface area contributed by atoms with Crippen molar-refractivity contribution in [2.75, 3.05) is 13.2 Å².